The first-order chi connectivity index (χ1) is 8.33. The largest absolute Gasteiger partial charge is 0.271 e. The van der Waals surface area contributed by atoms with Crippen molar-refractivity contribution in [2.24, 2.45) is 5.84 Å². The maximum atomic E-state index is 5.74. The van der Waals surface area contributed by atoms with Gasteiger partial charge >= 0.3 is 0 Å². The predicted octanol–water partition coefficient (Wildman–Crippen LogP) is 3.24. The molecule has 1 aromatic heterocycles. The molecule has 0 radical (unpaired) electrons. The molecule has 1 aromatic rings. The lowest BCUT2D eigenvalue weighted by Crippen LogP contribution is -2.29. The summed E-state index contributed by atoms with van der Waals surface area (Å²) in [5, 5.41) is 0. The van der Waals surface area contributed by atoms with E-state index in [0.29, 0.717) is 0 Å². The van der Waals surface area contributed by atoms with Gasteiger partial charge in [0.25, 0.3) is 0 Å². The molecule has 1 unspecified atom stereocenters. The third-order valence-electron chi connectivity index (χ3n) is 3.41. The molecule has 0 aliphatic heterocycles. The summed E-state index contributed by atoms with van der Waals surface area (Å²) in [5.41, 5.74) is 7.41. The van der Waals surface area contributed by atoms with Crippen LogP contribution in [0.5, 0.6) is 0 Å². The van der Waals surface area contributed by atoms with Gasteiger partial charge < -0.3 is 0 Å². The van der Waals surface area contributed by atoms with Crippen LogP contribution in [0.2, 0.25) is 0 Å². The number of hydrogen-bond donors (Lipinski definition) is 2. The molecule has 1 aliphatic carbocycles. The van der Waals surface area contributed by atoms with Gasteiger partial charge in [0, 0.05) is 4.88 Å². The van der Waals surface area contributed by atoms with Crippen LogP contribution in [0.4, 0.5) is 0 Å². The Bertz CT molecular complexity index is 384. The number of thiazole rings is 1. The fourth-order valence-electron chi connectivity index (χ4n) is 2.42. The van der Waals surface area contributed by atoms with Crippen molar-refractivity contribution in [3.8, 4) is 0 Å². The molecule has 1 heterocycles. The standard InChI is InChI=1S/C13H21N3S/c1-10-13(17-9-15-10)12(16-14)11-7-5-3-2-4-6-8-11/h7,9,12,16H,2-6,8,14H2,1H3. The van der Waals surface area contributed by atoms with E-state index in [4.69, 9.17) is 5.84 Å². The predicted molar refractivity (Wildman–Crippen MR) is 72.7 cm³/mol. The Kier molecular flexibility index (Phi) is 4.71. The van der Waals surface area contributed by atoms with Crippen LogP contribution in [-0.4, -0.2) is 4.98 Å². The van der Waals surface area contributed by atoms with Crippen LogP contribution in [0.15, 0.2) is 17.2 Å². The van der Waals surface area contributed by atoms with Gasteiger partial charge in [-0.1, -0.05) is 24.5 Å². The van der Waals surface area contributed by atoms with E-state index in [9.17, 15) is 0 Å². The van der Waals surface area contributed by atoms with Crippen LogP contribution >= 0.6 is 11.3 Å². The minimum absolute atomic E-state index is 0.167. The van der Waals surface area contributed by atoms with Crippen molar-refractivity contribution in [1.82, 2.24) is 10.4 Å². The van der Waals surface area contributed by atoms with E-state index in [1.165, 1.54) is 42.6 Å². The first kappa shape index (κ1) is 12.7. The minimum atomic E-state index is 0.167. The Morgan fingerprint density at radius 1 is 1.35 bits per heavy atom. The van der Waals surface area contributed by atoms with Gasteiger partial charge in [0.15, 0.2) is 0 Å². The molecule has 94 valence electrons. The van der Waals surface area contributed by atoms with E-state index in [1.807, 2.05) is 5.51 Å². The van der Waals surface area contributed by atoms with Gasteiger partial charge in [0.2, 0.25) is 0 Å². The lowest BCUT2D eigenvalue weighted by Gasteiger charge is -2.21. The molecule has 1 aliphatic rings. The summed E-state index contributed by atoms with van der Waals surface area (Å²) in [4.78, 5) is 5.58. The molecule has 3 nitrogen and oxygen atoms in total. The Labute approximate surface area is 107 Å². The zero-order valence-corrected chi connectivity index (χ0v) is 11.2. The fraction of sp³-hybridized carbons (Fsp3) is 0.615. The van der Waals surface area contributed by atoms with E-state index < -0.39 is 0 Å². The number of nitrogens with two attached hydrogens (primary N) is 1. The summed E-state index contributed by atoms with van der Waals surface area (Å²) in [7, 11) is 0. The summed E-state index contributed by atoms with van der Waals surface area (Å²) >= 11 is 1.69. The summed E-state index contributed by atoms with van der Waals surface area (Å²) in [6.07, 6.45) is 10.0. The molecule has 0 bridgehead atoms. The Morgan fingerprint density at radius 3 is 2.88 bits per heavy atom. The van der Waals surface area contributed by atoms with Crippen molar-refractivity contribution in [1.29, 1.82) is 0 Å². The van der Waals surface area contributed by atoms with Gasteiger partial charge in [-0.3, -0.25) is 5.84 Å². The summed E-state index contributed by atoms with van der Waals surface area (Å²) in [6.45, 7) is 2.06. The van der Waals surface area contributed by atoms with Gasteiger partial charge in [-0.25, -0.2) is 10.4 Å². The molecule has 2 rings (SSSR count). The van der Waals surface area contributed by atoms with E-state index in [2.05, 4.69) is 23.4 Å². The molecule has 3 N–H and O–H groups in total. The SMILES string of the molecule is Cc1ncsc1C(NN)C1=CCCCCCC1. The second-order valence-electron chi connectivity index (χ2n) is 4.63. The molecule has 0 fully saturated rings. The van der Waals surface area contributed by atoms with Gasteiger partial charge in [0.1, 0.15) is 0 Å². The highest BCUT2D eigenvalue weighted by Crippen LogP contribution is 2.31. The summed E-state index contributed by atoms with van der Waals surface area (Å²) < 4.78 is 0. The van der Waals surface area contributed by atoms with Crippen molar-refractivity contribution in [3.63, 3.8) is 0 Å². The molecule has 0 saturated carbocycles. The molecular formula is C13H21N3S. The maximum absolute atomic E-state index is 5.74. The maximum Gasteiger partial charge on any atom is 0.0798 e. The number of nitrogens with zero attached hydrogens (tertiary/aromatic N) is 1. The molecule has 4 heteroatoms. The highest BCUT2D eigenvalue weighted by molar-refractivity contribution is 7.09. The van der Waals surface area contributed by atoms with Crippen LogP contribution in [-0.2, 0) is 0 Å². The molecule has 0 aromatic carbocycles. The molecule has 17 heavy (non-hydrogen) atoms. The molecular weight excluding hydrogens is 230 g/mol. The zero-order valence-electron chi connectivity index (χ0n) is 10.4. The normalized spacial score (nSPS) is 19.3. The van der Waals surface area contributed by atoms with E-state index in [0.717, 1.165) is 12.1 Å². The number of hydrazine groups is 1. The van der Waals surface area contributed by atoms with Crippen LogP contribution in [0.1, 0.15) is 55.1 Å². The fourth-order valence-corrected chi connectivity index (χ4v) is 3.32. The van der Waals surface area contributed by atoms with E-state index >= 15 is 0 Å². The second kappa shape index (κ2) is 6.28. The molecule has 0 spiro atoms. The quantitative estimate of drug-likeness (QED) is 0.492. The van der Waals surface area contributed by atoms with Crippen molar-refractivity contribution < 1.29 is 0 Å². The number of hydrogen-bond acceptors (Lipinski definition) is 4. The van der Waals surface area contributed by atoms with Crippen LogP contribution in [0.25, 0.3) is 0 Å². The summed E-state index contributed by atoms with van der Waals surface area (Å²) in [6, 6.07) is 0.167. The second-order valence-corrected chi connectivity index (χ2v) is 5.52. The smallest absolute Gasteiger partial charge is 0.0798 e. The average molecular weight is 251 g/mol. The number of rotatable bonds is 3. The molecule has 1 atom stereocenters. The van der Waals surface area contributed by atoms with E-state index in [-0.39, 0.29) is 6.04 Å². The van der Waals surface area contributed by atoms with Gasteiger partial charge in [-0.2, -0.15) is 0 Å². The van der Waals surface area contributed by atoms with Crippen molar-refractivity contribution in [2.45, 2.75) is 51.5 Å². The Balaban J connectivity index is 2.19. The molecule has 0 saturated heterocycles. The van der Waals surface area contributed by atoms with Gasteiger partial charge in [0.05, 0.1) is 17.2 Å². The monoisotopic (exact) mass is 251 g/mol. The van der Waals surface area contributed by atoms with Crippen LogP contribution < -0.4 is 11.3 Å². The van der Waals surface area contributed by atoms with Gasteiger partial charge in [-0.05, 0) is 32.6 Å². The van der Waals surface area contributed by atoms with Crippen molar-refractivity contribution >= 4 is 11.3 Å². The van der Waals surface area contributed by atoms with Crippen molar-refractivity contribution in [2.75, 3.05) is 0 Å². The highest BCUT2D eigenvalue weighted by Gasteiger charge is 2.19. The summed E-state index contributed by atoms with van der Waals surface area (Å²) in [5.74, 6) is 5.74. The van der Waals surface area contributed by atoms with Crippen molar-refractivity contribution in [3.05, 3.63) is 27.7 Å². The lowest BCUT2D eigenvalue weighted by atomic mass is 9.94. The third kappa shape index (κ3) is 3.15. The van der Waals surface area contributed by atoms with Crippen LogP contribution in [0, 0.1) is 6.92 Å². The lowest BCUT2D eigenvalue weighted by molar-refractivity contribution is 0.558. The first-order valence-electron chi connectivity index (χ1n) is 6.38. The Morgan fingerprint density at radius 2 is 2.18 bits per heavy atom. The Hall–Kier alpha value is -0.710. The van der Waals surface area contributed by atoms with E-state index in [1.54, 1.807) is 11.3 Å². The third-order valence-corrected chi connectivity index (χ3v) is 4.40. The number of allylic oxidation sites excluding steroid dienone is 1. The molecule has 0 amide bonds. The van der Waals surface area contributed by atoms with Gasteiger partial charge in [-0.15, -0.1) is 11.3 Å². The number of aryl methyl sites for hydroxylation is 1. The highest BCUT2D eigenvalue weighted by atomic mass is 32.1. The zero-order chi connectivity index (χ0) is 12.1. The number of nitrogens with one attached hydrogen (secondary N) is 1. The first-order valence-corrected chi connectivity index (χ1v) is 7.26. The number of aromatic nitrogens is 1. The van der Waals surface area contributed by atoms with Crippen LogP contribution in [0.3, 0.4) is 0 Å². The topological polar surface area (TPSA) is 50.9 Å². The average Bonchev–Trinajstić information content (AvgIpc) is 2.69. The minimum Gasteiger partial charge on any atom is -0.271 e.